The molecule has 180 valence electrons. The van der Waals surface area contributed by atoms with Crippen molar-refractivity contribution in [2.45, 2.75) is 51.4 Å². The summed E-state index contributed by atoms with van der Waals surface area (Å²) in [5.74, 6) is 0.226. The summed E-state index contributed by atoms with van der Waals surface area (Å²) in [5.41, 5.74) is 3.06. The van der Waals surface area contributed by atoms with Crippen molar-refractivity contribution in [3.8, 4) is 0 Å². The van der Waals surface area contributed by atoms with Crippen molar-refractivity contribution >= 4 is 23.8 Å². The first-order valence-corrected chi connectivity index (χ1v) is 12.3. The van der Waals surface area contributed by atoms with E-state index in [1.807, 2.05) is 42.6 Å². The van der Waals surface area contributed by atoms with Gasteiger partial charge < -0.3 is 20.2 Å². The minimum atomic E-state index is -0.473. The number of aliphatic imine (C=N–C) groups is 1. The monoisotopic (exact) mass is 473 g/mol. The normalized spacial score (nSPS) is 26.8. The number of aliphatic hydroxyl groups excluding tert-OH is 1. The first kappa shape index (κ1) is 24.2. The maximum absolute atomic E-state index is 13.6. The Hall–Kier alpha value is -1.93. The molecule has 2 heterocycles. The topological polar surface area (TPSA) is 71.4 Å². The van der Waals surface area contributed by atoms with Gasteiger partial charge in [0.2, 0.25) is 5.91 Å². The Kier molecular flexibility index (Phi) is 7.43. The molecule has 4 rings (SSSR count). The average molecular weight is 474 g/mol. The summed E-state index contributed by atoms with van der Waals surface area (Å²) >= 11 is 6.08. The minimum Gasteiger partial charge on any atom is -0.387 e. The summed E-state index contributed by atoms with van der Waals surface area (Å²) in [6, 6.07) is 7.93. The third-order valence-electron chi connectivity index (χ3n) is 7.03. The number of rotatable bonds is 6. The standard InChI is InChI=1S/C25H36ClN5O2/c1-16(2)27-14-20(18-5-7-19(26)8-6-18)25(33)31-11-9-30(10-12-31)24-22-17(3)13-21(32)23(22)28-15-29(24)4/h5-8,15-17,20-21,24,27,32H,9-14H2,1-4H3/t17-,20-,21+,24?/m1/s1. The highest BCUT2D eigenvalue weighted by Gasteiger charge is 2.41. The molecule has 1 saturated heterocycles. The number of hydrogen-bond donors (Lipinski definition) is 2. The molecule has 33 heavy (non-hydrogen) atoms. The smallest absolute Gasteiger partial charge is 0.231 e. The molecule has 7 nitrogen and oxygen atoms in total. The number of nitrogens with one attached hydrogen (secondary N) is 1. The molecule has 3 aliphatic rings. The number of hydrogen-bond acceptors (Lipinski definition) is 6. The molecule has 1 aliphatic carbocycles. The molecule has 0 aromatic heterocycles. The molecule has 1 unspecified atom stereocenters. The van der Waals surface area contributed by atoms with Crippen LogP contribution in [-0.4, -0.2) is 90.1 Å². The Morgan fingerprint density at radius 1 is 1.21 bits per heavy atom. The van der Waals surface area contributed by atoms with Crippen molar-refractivity contribution in [1.29, 1.82) is 0 Å². The van der Waals surface area contributed by atoms with E-state index in [1.54, 1.807) is 0 Å². The number of amides is 1. The Morgan fingerprint density at radius 2 is 1.88 bits per heavy atom. The Balaban J connectivity index is 1.45. The number of piperazine rings is 1. The lowest BCUT2D eigenvalue weighted by Gasteiger charge is -2.45. The summed E-state index contributed by atoms with van der Waals surface area (Å²) < 4.78 is 0. The van der Waals surface area contributed by atoms with Crippen LogP contribution < -0.4 is 5.32 Å². The average Bonchev–Trinajstić information content (AvgIpc) is 3.08. The minimum absolute atomic E-state index is 0.0940. The Labute approximate surface area is 202 Å². The second-order valence-corrected chi connectivity index (χ2v) is 10.2. The molecule has 0 spiro atoms. The maximum atomic E-state index is 13.6. The third kappa shape index (κ3) is 5.11. The number of aliphatic hydroxyl groups is 1. The molecular formula is C25H36ClN5O2. The molecule has 1 fully saturated rings. The highest BCUT2D eigenvalue weighted by atomic mass is 35.5. The Morgan fingerprint density at radius 3 is 2.52 bits per heavy atom. The lowest BCUT2D eigenvalue weighted by molar-refractivity contribution is -0.135. The fourth-order valence-electron chi connectivity index (χ4n) is 5.26. The van der Waals surface area contributed by atoms with Gasteiger partial charge in [0, 0.05) is 50.8 Å². The number of likely N-dealkylation sites (N-methyl/N-ethyl adjacent to an activating group) is 1. The van der Waals surface area contributed by atoms with Crippen LogP contribution in [0.4, 0.5) is 0 Å². The van der Waals surface area contributed by atoms with E-state index in [2.05, 4.69) is 40.9 Å². The van der Waals surface area contributed by atoms with Gasteiger partial charge in [0.25, 0.3) is 0 Å². The van der Waals surface area contributed by atoms with E-state index in [9.17, 15) is 9.90 Å². The van der Waals surface area contributed by atoms with Crippen LogP contribution >= 0.6 is 11.6 Å². The van der Waals surface area contributed by atoms with Crippen LogP contribution in [0.2, 0.25) is 5.02 Å². The largest absolute Gasteiger partial charge is 0.387 e. The van der Waals surface area contributed by atoms with Crippen molar-refractivity contribution in [3.05, 3.63) is 46.1 Å². The fourth-order valence-corrected chi connectivity index (χ4v) is 5.39. The van der Waals surface area contributed by atoms with Crippen LogP contribution in [0.15, 0.2) is 40.5 Å². The summed E-state index contributed by atoms with van der Waals surface area (Å²) in [6.07, 6.45) is 2.18. The zero-order valence-electron chi connectivity index (χ0n) is 20.0. The van der Waals surface area contributed by atoms with Crippen LogP contribution in [0.3, 0.4) is 0 Å². The van der Waals surface area contributed by atoms with Crippen molar-refractivity contribution in [3.63, 3.8) is 0 Å². The lowest BCUT2D eigenvalue weighted by Crippen LogP contribution is -2.58. The van der Waals surface area contributed by atoms with Gasteiger partial charge in [-0.2, -0.15) is 0 Å². The first-order chi connectivity index (χ1) is 15.8. The predicted molar refractivity (Wildman–Crippen MR) is 132 cm³/mol. The van der Waals surface area contributed by atoms with Crippen LogP contribution in [-0.2, 0) is 4.79 Å². The number of halogens is 1. The molecule has 0 saturated carbocycles. The van der Waals surface area contributed by atoms with Crippen molar-refractivity contribution < 1.29 is 9.90 Å². The second-order valence-electron chi connectivity index (χ2n) is 9.81. The van der Waals surface area contributed by atoms with E-state index >= 15 is 0 Å². The highest BCUT2D eigenvalue weighted by Crippen LogP contribution is 2.39. The third-order valence-corrected chi connectivity index (χ3v) is 7.29. The van der Waals surface area contributed by atoms with E-state index in [4.69, 9.17) is 11.6 Å². The molecule has 0 bridgehead atoms. The highest BCUT2D eigenvalue weighted by molar-refractivity contribution is 6.30. The zero-order valence-corrected chi connectivity index (χ0v) is 20.8. The maximum Gasteiger partial charge on any atom is 0.231 e. The van der Waals surface area contributed by atoms with Crippen LogP contribution in [0.25, 0.3) is 0 Å². The van der Waals surface area contributed by atoms with Crippen LogP contribution in [0, 0.1) is 5.92 Å². The summed E-state index contributed by atoms with van der Waals surface area (Å²) in [5, 5.41) is 14.5. The SMILES string of the molecule is CC(C)NC[C@@H](C(=O)N1CCN(C2C3=C(N=CN2C)[C@@H](O)C[C@H]3C)CC1)c1ccc(Cl)cc1. The van der Waals surface area contributed by atoms with Crippen LogP contribution in [0.1, 0.15) is 38.7 Å². The number of nitrogens with zero attached hydrogens (tertiary/aromatic N) is 4. The van der Waals surface area contributed by atoms with Gasteiger partial charge in [-0.1, -0.05) is 44.5 Å². The van der Waals surface area contributed by atoms with E-state index in [-0.39, 0.29) is 18.0 Å². The molecule has 1 aromatic rings. The second kappa shape index (κ2) is 10.1. The lowest BCUT2D eigenvalue weighted by atomic mass is 9.96. The van der Waals surface area contributed by atoms with Gasteiger partial charge in [-0.05, 0) is 35.6 Å². The van der Waals surface area contributed by atoms with E-state index < -0.39 is 6.10 Å². The van der Waals surface area contributed by atoms with Crippen LogP contribution in [0.5, 0.6) is 0 Å². The molecule has 8 heteroatoms. The van der Waals surface area contributed by atoms with Gasteiger partial charge in [0.1, 0.15) is 6.17 Å². The van der Waals surface area contributed by atoms with Gasteiger partial charge in [-0.25, -0.2) is 4.99 Å². The van der Waals surface area contributed by atoms with Crippen molar-refractivity contribution in [1.82, 2.24) is 20.0 Å². The number of benzene rings is 1. The molecule has 1 aromatic carbocycles. The van der Waals surface area contributed by atoms with Crippen molar-refractivity contribution in [2.24, 2.45) is 10.9 Å². The van der Waals surface area contributed by atoms with Crippen molar-refractivity contribution in [2.75, 3.05) is 39.8 Å². The van der Waals surface area contributed by atoms with Gasteiger partial charge in [0.15, 0.2) is 0 Å². The van der Waals surface area contributed by atoms with Gasteiger partial charge in [-0.15, -0.1) is 0 Å². The summed E-state index contributed by atoms with van der Waals surface area (Å²) in [7, 11) is 2.04. The van der Waals surface area contributed by atoms with Gasteiger partial charge in [0.05, 0.1) is 24.1 Å². The molecule has 4 atom stereocenters. The van der Waals surface area contributed by atoms with Gasteiger partial charge in [-0.3, -0.25) is 9.69 Å². The summed E-state index contributed by atoms with van der Waals surface area (Å²) in [6.45, 7) is 9.92. The van der Waals surface area contributed by atoms with E-state index in [0.29, 0.717) is 36.6 Å². The van der Waals surface area contributed by atoms with E-state index in [0.717, 1.165) is 30.8 Å². The van der Waals surface area contributed by atoms with E-state index in [1.165, 1.54) is 5.57 Å². The first-order valence-electron chi connectivity index (χ1n) is 12.0. The molecule has 0 radical (unpaired) electrons. The molecule has 2 N–H and O–H groups in total. The molecule has 2 aliphatic heterocycles. The predicted octanol–water partition coefficient (Wildman–Crippen LogP) is 2.52. The summed E-state index contributed by atoms with van der Waals surface area (Å²) in [4.78, 5) is 24.6. The fraction of sp³-hybridized carbons (Fsp3) is 0.600. The zero-order chi connectivity index (χ0) is 23.7. The molecule has 1 amide bonds. The quantitative estimate of drug-likeness (QED) is 0.664. The molecular weight excluding hydrogens is 438 g/mol. The Bertz CT molecular complexity index is 908. The number of carbonyl (C=O) groups excluding carboxylic acids is 1. The van der Waals surface area contributed by atoms with Gasteiger partial charge >= 0.3 is 0 Å². The number of carbonyl (C=O) groups is 1.